The molecule has 0 bridgehead atoms. The molecule has 0 aromatic heterocycles. The first kappa shape index (κ1) is 13.3. The van der Waals surface area contributed by atoms with Gasteiger partial charge in [-0.05, 0) is 43.3 Å². The Morgan fingerprint density at radius 3 is 2.63 bits per heavy atom. The van der Waals surface area contributed by atoms with Crippen molar-refractivity contribution in [3.63, 3.8) is 0 Å². The van der Waals surface area contributed by atoms with Gasteiger partial charge in [-0.25, -0.2) is 4.79 Å². The number of carbonyl (C=O) groups is 2. The molecule has 0 spiro atoms. The Morgan fingerprint density at radius 2 is 1.95 bits per heavy atom. The van der Waals surface area contributed by atoms with E-state index in [9.17, 15) is 14.7 Å². The number of nitrogens with zero attached hydrogens (tertiary/aromatic N) is 1. The van der Waals surface area contributed by atoms with Crippen molar-refractivity contribution in [2.45, 2.75) is 49.8 Å². The lowest BCUT2D eigenvalue weighted by Gasteiger charge is -2.29. The van der Waals surface area contributed by atoms with Crippen LogP contribution < -0.4 is 0 Å². The Morgan fingerprint density at radius 1 is 1.11 bits per heavy atom. The third kappa shape index (κ3) is 2.37. The van der Waals surface area contributed by atoms with E-state index < -0.39 is 12.0 Å². The molecular weight excluding hydrogens is 262 g/mol. The molecule has 4 nitrogen and oxygen atoms in total. The van der Waals surface area contributed by atoms with Gasteiger partial charge in [-0.2, -0.15) is 0 Å². The van der Waals surface area contributed by atoms with Gasteiger partial charge in [-0.3, -0.25) is 4.79 Å². The van der Waals surface area contributed by atoms with Crippen LogP contribution in [0, 0.1) is 11.8 Å². The summed E-state index contributed by atoms with van der Waals surface area (Å²) < 4.78 is 0. The summed E-state index contributed by atoms with van der Waals surface area (Å²) in [7, 11) is 0. The van der Waals surface area contributed by atoms with E-state index in [1.807, 2.05) is 0 Å². The number of hydrogen-bond donors (Lipinski definition) is 1. The predicted molar refractivity (Wildman–Crippen MR) is 74.1 cm³/mol. The van der Waals surface area contributed by atoms with Gasteiger partial charge in [0.15, 0.2) is 0 Å². The first-order valence-electron chi connectivity index (χ1n) is 7.33. The zero-order chi connectivity index (χ0) is 13.4. The molecule has 1 aliphatic carbocycles. The van der Waals surface area contributed by atoms with Crippen molar-refractivity contribution >= 4 is 23.6 Å². The lowest BCUT2D eigenvalue weighted by atomic mass is 9.94. The van der Waals surface area contributed by atoms with Gasteiger partial charge in [-0.15, -0.1) is 11.8 Å². The smallest absolute Gasteiger partial charge is 0.326 e. The van der Waals surface area contributed by atoms with Gasteiger partial charge in [0.25, 0.3) is 0 Å². The van der Waals surface area contributed by atoms with E-state index in [0.29, 0.717) is 12.5 Å². The van der Waals surface area contributed by atoms with Crippen LogP contribution in [0.3, 0.4) is 0 Å². The van der Waals surface area contributed by atoms with Crippen molar-refractivity contribution in [1.82, 2.24) is 4.90 Å². The number of likely N-dealkylation sites (tertiary alicyclic amines) is 1. The molecule has 3 rings (SSSR count). The average Bonchev–Trinajstić information content (AvgIpc) is 2.98. The molecule has 1 amide bonds. The molecule has 1 saturated carbocycles. The summed E-state index contributed by atoms with van der Waals surface area (Å²) in [4.78, 5) is 25.8. The largest absolute Gasteiger partial charge is 0.480 e. The number of amides is 1. The molecule has 0 radical (unpaired) electrons. The molecule has 19 heavy (non-hydrogen) atoms. The molecule has 2 aliphatic heterocycles. The highest BCUT2D eigenvalue weighted by Crippen LogP contribution is 2.43. The maximum atomic E-state index is 12.6. The van der Waals surface area contributed by atoms with E-state index in [2.05, 4.69) is 0 Å². The van der Waals surface area contributed by atoms with Gasteiger partial charge in [0.2, 0.25) is 5.91 Å². The van der Waals surface area contributed by atoms with Gasteiger partial charge in [0.05, 0.1) is 5.25 Å². The fraction of sp³-hybridized carbons (Fsp3) is 0.857. The van der Waals surface area contributed by atoms with Crippen molar-refractivity contribution < 1.29 is 14.7 Å². The lowest BCUT2D eigenvalue weighted by molar-refractivity contribution is -0.149. The van der Waals surface area contributed by atoms with Gasteiger partial charge in [0.1, 0.15) is 6.04 Å². The van der Waals surface area contributed by atoms with E-state index in [4.69, 9.17) is 0 Å². The molecule has 106 valence electrons. The highest BCUT2D eigenvalue weighted by molar-refractivity contribution is 8.00. The quantitative estimate of drug-likeness (QED) is 0.842. The first-order valence-corrected chi connectivity index (χ1v) is 8.38. The predicted octanol–water partition coefficient (Wildman–Crippen LogP) is 1.98. The van der Waals surface area contributed by atoms with Crippen LogP contribution in [0.15, 0.2) is 0 Å². The zero-order valence-corrected chi connectivity index (χ0v) is 11.9. The van der Waals surface area contributed by atoms with E-state index in [0.717, 1.165) is 37.9 Å². The number of fused-ring (bicyclic) bond motifs is 1. The van der Waals surface area contributed by atoms with Crippen LogP contribution in [0.4, 0.5) is 0 Å². The Hall–Kier alpha value is -0.710. The molecule has 2 heterocycles. The van der Waals surface area contributed by atoms with Gasteiger partial charge < -0.3 is 10.0 Å². The molecule has 3 aliphatic rings. The highest BCUT2D eigenvalue weighted by Gasteiger charge is 2.50. The molecule has 4 unspecified atom stereocenters. The number of carbonyl (C=O) groups excluding carboxylic acids is 1. The van der Waals surface area contributed by atoms with Gasteiger partial charge in [0, 0.05) is 6.54 Å². The average molecular weight is 283 g/mol. The second-order valence-corrected chi connectivity index (χ2v) is 7.29. The summed E-state index contributed by atoms with van der Waals surface area (Å²) >= 11 is 1.72. The van der Waals surface area contributed by atoms with Crippen LogP contribution in [0.5, 0.6) is 0 Å². The van der Waals surface area contributed by atoms with Crippen LogP contribution in [-0.4, -0.2) is 45.5 Å². The maximum absolute atomic E-state index is 12.6. The Labute approximate surface area is 117 Å². The van der Waals surface area contributed by atoms with Crippen LogP contribution in [0.25, 0.3) is 0 Å². The summed E-state index contributed by atoms with van der Waals surface area (Å²) in [5.41, 5.74) is 0. The van der Waals surface area contributed by atoms with Crippen LogP contribution in [0.1, 0.15) is 38.5 Å². The van der Waals surface area contributed by atoms with Crippen molar-refractivity contribution in [1.29, 1.82) is 0 Å². The molecule has 4 atom stereocenters. The van der Waals surface area contributed by atoms with Crippen molar-refractivity contribution in [2.75, 3.05) is 12.3 Å². The third-order valence-corrected chi connectivity index (χ3v) is 6.25. The second kappa shape index (κ2) is 5.35. The van der Waals surface area contributed by atoms with Crippen molar-refractivity contribution in [3.8, 4) is 0 Å². The Bertz CT molecular complexity index is 381. The Kier molecular flexibility index (Phi) is 3.74. The summed E-state index contributed by atoms with van der Waals surface area (Å²) in [6.45, 7) is 0.678. The van der Waals surface area contributed by atoms with Crippen LogP contribution in [0.2, 0.25) is 0 Å². The van der Waals surface area contributed by atoms with Crippen LogP contribution in [-0.2, 0) is 9.59 Å². The number of carboxylic acid groups (broad SMARTS) is 1. The SMILES string of the molecule is O=C(O)C1C2CCCC2CN1C(=O)C1CCCCS1. The van der Waals surface area contributed by atoms with Gasteiger partial charge in [-0.1, -0.05) is 12.8 Å². The summed E-state index contributed by atoms with van der Waals surface area (Å²) in [5, 5.41) is 9.49. The zero-order valence-electron chi connectivity index (χ0n) is 11.1. The van der Waals surface area contributed by atoms with Crippen molar-refractivity contribution in [3.05, 3.63) is 0 Å². The molecule has 2 saturated heterocycles. The normalized spacial score (nSPS) is 38.2. The fourth-order valence-corrected chi connectivity index (χ4v) is 5.24. The van der Waals surface area contributed by atoms with E-state index in [1.54, 1.807) is 16.7 Å². The van der Waals surface area contributed by atoms with E-state index in [1.165, 1.54) is 6.42 Å². The molecule has 1 N–H and O–H groups in total. The molecule has 0 aromatic rings. The molecule has 3 fully saturated rings. The topological polar surface area (TPSA) is 57.6 Å². The number of carboxylic acids is 1. The summed E-state index contributed by atoms with van der Waals surface area (Å²) in [5.74, 6) is 0.957. The van der Waals surface area contributed by atoms with E-state index >= 15 is 0 Å². The van der Waals surface area contributed by atoms with Crippen LogP contribution >= 0.6 is 11.8 Å². The maximum Gasteiger partial charge on any atom is 0.326 e. The van der Waals surface area contributed by atoms with E-state index in [-0.39, 0.29) is 17.1 Å². The minimum absolute atomic E-state index is 0.00873. The van der Waals surface area contributed by atoms with Crippen molar-refractivity contribution in [2.24, 2.45) is 11.8 Å². The number of hydrogen-bond acceptors (Lipinski definition) is 3. The molecule has 5 heteroatoms. The Balaban J connectivity index is 1.75. The monoisotopic (exact) mass is 283 g/mol. The number of aliphatic carboxylic acids is 1. The molecular formula is C14H21NO3S. The number of rotatable bonds is 2. The second-order valence-electron chi connectivity index (χ2n) is 5.98. The highest BCUT2D eigenvalue weighted by atomic mass is 32.2. The fourth-order valence-electron chi connectivity index (χ4n) is 3.97. The third-order valence-electron chi connectivity index (χ3n) is 4.88. The number of thioether (sulfide) groups is 1. The minimum Gasteiger partial charge on any atom is -0.480 e. The summed E-state index contributed by atoms with van der Waals surface area (Å²) in [6, 6.07) is -0.553. The minimum atomic E-state index is -0.802. The lowest BCUT2D eigenvalue weighted by Crippen LogP contribution is -2.47. The standard InChI is InChI=1S/C14H21NO3S/c16-13(11-6-1-2-7-19-11)15-8-9-4-3-5-10(9)12(15)14(17)18/h9-12H,1-8H2,(H,17,18). The molecule has 0 aromatic carbocycles. The summed E-state index contributed by atoms with van der Waals surface area (Å²) in [6.07, 6.45) is 6.39. The van der Waals surface area contributed by atoms with Gasteiger partial charge >= 0.3 is 5.97 Å². The first-order chi connectivity index (χ1) is 9.18.